The number of hydrogen-bond acceptors (Lipinski definition) is 5. The van der Waals surface area contributed by atoms with E-state index in [-0.39, 0.29) is 13.2 Å². The van der Waals surface area contributed by atoms with Gasteiger partial charge < -0.3 is 14.6 Å². The molecule has 1 aliphatic rings. The Morgan fingerprint density at radius 3 is 1.90 bits per heavy atom. The molecule has 0 saturated heterocycles. The highest BCUT2D eigenvalue weighted by Gasteiger charge is 2.49. The monoisotopic (exact) mass is 286 g/mol. The number of carbonyl (C=O) groups is 2. The molecule has 5 heteroatoms. The van der Waals surface area contributed by atoms with Gasteiger partial charge in [-0.2, -0.15) is 0 Å². The van der Waals surface area contributed by atoms with Crippen LogP contribution in [0, 0.1) is 11.8 Å². The second-order valence-corrected chi connectivity index (χ2v) is 5.39. The first-order chi connectivity index (χ1) is 9.48. The molecular weight excluding hydrogens is 260 g/mol. The van der Waals surface area contributed by atoms with Crippen molar-refractivity contribution in [3.63, 3.8) is 0 Å². The molecule has 0 aromatic heterocycles. The SMILES string of the molecule is CCOC(=O)C(C(=O)OCC)C1(O)CCC(CC)CC1. The molecule has 0 spiro atoms. The van der Waals surface area contributed by atoms with Crippen LogP contribution in [0.15, 0.2) is 0 Å². The molecule has 1 rings (SSSR count). The summed E-state index contributed by atoms with van der Waals surface area (Å²) in [4.78, 5) is 24.1. The summed E-state index contributed by atoms with van der Waals surface area (Å²) in [5, 5.41) is 10.7. The predicted molar refractivity (Wildman–Crippen MR) is 74.0 cm³/mol. The number of hydrogen-bond donors (Lipinski definition) is 1. The fourth-order valence-corrected chi connectivity index (χ4v) is 2.86. The van der Waals surface area contributed by atoms with Crippen molar-refractivity contribution in [2.45, 2.75) is 58.5 Å². The zero-order valence-corrected chi connectivity index (χ0v) is 12.7. The first-order valence-corrected chi connectivity index (χ1v) is 7.54. The van der Waals surface area contributed by atoms with E-state index in [0.29, 0.717) is 18.8 Å². The van der Waals surface area contributed by atoms with Crippen molar-refractivity contribution >= 4 is 11.9 Å². The normalized spacial score (nSPS) is 26.4. The van der Waals surface area contributed by atoms with Gasteiger partial charge in [0, 0.05) is 0 Å². The Morgan fingerprint density at radius 2 is 1.55 bits per heavy atom. The van der Waals surface area contributed by atoms with Crippen molar-refractivity contribution < 1.29 is 24.2 Å². The smallest absolute Gasteiger partial charge is 0.323 e. The fraction of sp³-hybridized carbons (Fsp3) is 0.867. The van der Waals surface area contributed by atoms with E-state index < -0.39 is 23.5 Å². The molecule has 0 unspecified atom stereocenters. The third-order valence-electron chi connectivity index (χ3n) is 4.13. The van der Waals surface area contributed by atoms with Crippen LogP contribution in [0.3, 0.4) is 0 Å². The first kappa shape index (κ1) is 17.0. The molecule has 0 radical (unpaired) electrons. The number of aliphatic hydroxyl groups is 1. The summed E-state index contributed by atoms with van der Waals surface area (Å²) in [6, 6.07) is 0. The van der Waals surface area contributed by atoms with Gasteiger partial charge in [0.15, 0.2) is 5.92 Å². The molecule has 0 heterocycles. The van der Waals surface area contributed by atoms with Gasteiger partial charge in [0.05, 0.1) is 18.8 Å². The third kappa shape index (κ3) is 3.95. The molecule has 0 amide bonds. The van der Waals surface area contributed by atoms with Gasteiger partial charge in [-0.1, -0.05) is 13.3 Å². The molecule has 1 aliphatic carbocycles. The molecule has 1 fully saturated rings. The topological polar surface area (TPSA) is 72.8 Å². The number of rotatable bonds is 6. The van der Waals surface area contributed by atoms with Crippen LogP contribution < -0.4 is 0 Å². The van der Waals surface area contributed by atoms with Gasteiger partial charge in [-0.25, -0.2) is 0 Å². The maximum Gasteiger partial charge on any atom is 0.323 e. The van der Waals surface area contributed by atoms with Crippen molar-refractivity contribution in [2.75, 3.05) is 13.2 Å². The standard InChI is InChI=1S/C15H26O5/c1-4-11-7-9-15(18,10-8-11)12(13(16)19-5-2)14(17)20-6-3/h11-12,18H,4-10H2,1-3H3. The van der Waals surface area contributed by atoms with Gasteiger partial charge in [-0.05, 0) is 45.4 Å². The van der Waals surface area contributed by atoms with Crippen LogP contribution in [-0.2, 0) is 19.1 Å². The molecule has 20 heavy (non-hydrogen) atoms. The molecule has 116 valence electrons. The van der Waals surface area contributed by atoms with Gasteiger partial charge in [-0.3, -0.25) is 9.59 Å². The first-order valence-electron chi connectivity index (χ1n) is 7.54. The van der Waals surface area contributed by atoms with E-state index in [9.17, 15) is 14.7 Å². The highest BCUT2D eigenvalue weighted by atomic mass is 16.6. The number of carbonyl (C=O) groups excluding carboxylic acids is 2. The van der Waals surface area contributed by atoms with Crippen LogP contribution >= 0.6 is 0 Å². The van der Waals surface area contributed by atoms with E-state index in [1.54, 1.807) is 13.8 Å². The second kappa shape index (κ2) is 7.62. The van der Waals surface area contributed by atoms with Crippen LogP contribution in [0.4, 0.5) is 0 Å². The number of ether oxygens (including phenoxy) is 2. The minimum Gasteiger partial charge on any atom is -0.465 e. The van der Waals surface area contributed by atoms with E-state index in [2.05, 4.69) is 6.92 Å². The maximum absolute atomic E-state index is 12.0. The van der Waals surface area contributed by atoms with Crippen molar-refractivity contribution in [1.82, 2.24) is 0 Å². The van der Waals surface area contributed by atoms with E-state index in [1.165, 1.54) is 0 Å². The Bertz CT molecular complexity index is 313. The quantitative estimate of drug-likeness (QED) is 0.597. The summed E-state index contributed by atoms with van der Waals surface area (Å²) in [6.45, 7) is 5.84. The second-order valence-electron chi connectivity index (χ2n) is 5.39. The Morgan fingerprint density at radius 1 is 1.10 bits per heavy atom. The average Bonchev–Trinajstić information content (AvgIpc) is 2.40. The van der Waals surface area contributed by atoms with E-state index >= 15 is 0 Å². The van der Waals surface area contributed by atoms with Gasteiger partial charge in [0.25, 0.3) is 0 Å². The predicted octanol–water partition coefficient (Wildman–Crippen LogP) is 2.06. The highest BCUT2D eigenvalue weighted by Crippen LogP contribution is 2.39. The lowest BCUT2D eigenvalue weighted by atomic mass is 9.71. The fourth-order valence-electron chi connectivity index (χ4n) is 2.86. The van der Waals surface area contributed by atoms with Gasteiger partial charge in [-0.15, -0.1) is 0 Å². The zero-order valence-electron chi connectivity index (χ0n) is 12.7. The molecule has 0 aromatic carbocycles. The van der Waals surface area contributed by atoms with Crippen molar-refractivity contribution in [3.8, 4) is 0 Å². The summed E-state index contributed by atoms with van der Waals surface area (Å²) in [6.07, 6.45) is 3.58. The Kier molecular flexibility index (Phi) is 6.46. The highest BCUT2D eigenvalue weighted by molar-refractivity contribution is 5.96. The zero-order chi connectivity index (χ0) is 15.2. The summed E-state index contributed by atoms with van der Waals surface area (Å²) in [5.41, 5.74) is -1.33. The van der Waals surface area contributed by atoms with Crippen LogP contribution in [0.2, 0.25) is 0 Å². The summed E-state index contributed by atoms with van der Waals surface area (Å²) < 4.78 is 9.89. The van der Waals surface area contributed by atoms with E-state index in [4.69, 9.17) is 9.47 Å². The van der Waals surface area contributed by atoms with Crippen molar-refractivity contribution in [3.05, 3.63) is 0 Å². The molecular formula is C15H26O5. The largest absolute Gasteiger partial charge is 0.465 e. The van der Waals surface area contributed by atoms with Gasteiger partial charge in [0.2, 0.25) is 0 Å². The molecule has 1 saturated carbocycles. The Labute approximate surface area is 120 Å². The summed E-state index contributed by atoms with van der Waals surface area (Å²) in [5.74, 6) is -2.02. The van der Waals surface area contributed by atoms with Gasteiger partial charge in [0.1, 0.15) is 0 Å². The van der Waals surface area contributed by atoms with Crippen LogP contribution in [0.1, 0.15) is 52.9 Å². The molecule has 0 aromatic rings. The lowest BCUT2D eigenvalue weighted by Gasteiger charge is -2.39. The maximum atomic E-state index is 12.0. The third-order valence-corrected chi connectivity index (χ3v) is 4.13. The van der Waals surface area contributed by atoms with Crippen LogP contribution in [-0.4, -0.2) is 35.9 Å². The van der Waals surface area contributed by atoms with Crippen molar-refractivity contribution in [1.29, 1.82) is 0 Å². The minimum atomic E-state index is -1.33. The van der Waals surface area contributed by atoms with Crippen LogP contribution in [0.25, 0.3) is 0 Å². The molecule has 0 atom stereocenters. The van der Waals surface area contributed by atoms with Crippen LogP contribution in [0.5, 0.6) is 0 Å². The lowest BCUT2D eigenvalue weighted by Crippen LogP contribution is -2.50. The molecule has 0 bridgehead atoms. The molecule has 1 N–H and O–H groups in total. The Balaban J connectivity index is 2.86. The average molecular weight is 286 g/mol. The van der Waals surface area contributed by atoms with E-state index in [0.717, 1.165) is 19.3 Å². The number of esters is 2. The summed E-state index contributed by atoms with van der Waals surface area (Å²) >= 11 is 0. The van der Waals surface area contributed by atoms with Gasteiger partial charge >= 0.3 is 11.9 Å². The Hall–Kier alpha value is -1.10. The van der Waals surface area contributed by atoms with E-state index in [1.807, 2.05) is 0 Å². The lowest BCUT2D eigenvalue weighted by molar-refractivity contribution is -0.178. The van der Waals surface area contributed by atoms with Crippen molar-refractivity contribution in [2.24, 2.45) is 11.8 Å². The minimum absolute atomic E-state index is 0.183. The molecule has 5 nitrogen and oxygen atoms in total. The summed E-state index contributed by atoms with van der Waals surface area (Å²) in [7, 11) is 0. The molecule has 0 aliphatic heterocycles.